The van der Waals surface area contributed by atoms with E-state index in [0.717, 1.165) is 4.47 Å². The number of piperidine rings is 1. The molecule has 0 saturated carbocycles. The Morgan fingerprint density at radius 3 is 2.42 bits per heavy atom. The quantitative estimate of drug-likeness (QED) is 0.509. The summed E-state index contributed by atoms with van der Waals surface area (Å²) in [7, 11) is -3.88. The SMILES string of the molecule is O=C(NC(CO)C(O)c1ccc(Cl)cc1)C1CCCCN1S(=O)(=O)c1ccc(Br)cc1. The number of carbonyl (C=O) groups excluding carboxylic acids is 1. The second-order valence-electron chi connectivity index (χ2n) is 7.38. The molecule has 31 heavy (non-hydrogen) atoms. The van der Waals surface area contributed by atoms with Gasteiger partial charge in [0.05, 0.1) is 17.5 Å². The molecule has 2 aromatic carbocycles. The third-order valence-corrected chi connectivity index (χ3v) is 8.00. The maximum Gasteiger partial charge on any atom is 0.243 e. The lowest BCUT2D eigenvalue weighted by molar-refractivity contribution is -0.127. The van der Waals surface area contributed by atoms with Crippen LogP contribution in [0.5, 0.6) is 0 Å². The van der Waals surface area contributed by atoms with Gasteiger partial charge < -0.3 is 15.5 Å². The van der Waals surface area contributed by atoms with Gasteiger partial charge in [0.1, 0.15) is 12.1 Å². The highest BCUT2D eigenvalue weighted by atomic mass is 79.9. The fraction of sp³-hybridized carbons (Fsp3) is 0.381. The number of rotatable bonds is 7. The summed E-state index contributed by atoms with van der Waals surface area (Å²) in [5.74, 6) is -0.549. The molecule has 3 N–H and O–H groups in total. The van der Waals surface area contributed by atoms with E-state index in [9.17, 15) is 23.4 Å². The predicted octanol–water partition coefficient (Wildman–Crippen LogP) is 2.86. The molecule has 1 heterocycles. The molecular weight excluding hydrogens is 508 g/mol. The zero-order chi connectivity index (χ0) is 22.6. The van der Waals surface area contributed by atoms with Gasteiger partial charge in [-0.1, -0.05) is 46.1 Å². The molecule has 1 fully saturated rings. The number of carbonyl (C=O) groups is 1. The molecular formula is C21H24BrClN2O5S. The topological polar surface area (TPSA) is 107 Å². The number of aliphatic hydroxyl groups excluding tert-OH is 2. The number of amides is 1. The van der Waals surface area contributed by atoms with Crippen LogP contribution in [0.2, 0.25) is 5.02 Å². The van der Waals surface area contributed by atoms with Crippen molar-refractivity contribution in [2.45, 2.75) is 42.3 Å². The maximum absolute atomic E-state index is 13.2. The number of halogens is 2. The van der Waals surface area contributed by atoms with Gasteiger partial charge in [0, 0.05) is 16.0 Å². The van der Waals surface area contributed by atoms with Gasteiger partial charge in [0.15, 0.2) is 0 Å². The Bertz CT molecular complexity index is 1000. The lowest BCUT2D eigenvalue weighted by atomic mass is 10.0. The third-order valence-electron chi connectivity index (χ3n) is 5.29. The van der Waals surface area contributed by atoms with Crippen LogP contribution < -0.4 is 5.32 Å². The molecule has 0 aliphatic carbocycles. The Labute approximate surface area is 195 Å². The van der Waals surface area contributed by atoms with Crippen LogP contribution in [-0.4, -0.2) is 54.1 Å². The fourth-order valence-corrected chi connectivity index (χ4v) is 5.64. The van der Waals surface area contributed by atoms with E-state index >= 15 is 0 Å². The summed E-state index contributed by atoms with van der Waals surface area (Å²) >= 11 is 9.16. The Morgan fingerprint density at radius 1 is 1.16 bits per heavy atom. The highest BCUT2D eigenvalue weighted by molar-refractivity contribution is 9.10. The Kier molecular flexibility index (Phi) is 8.12. The summed E-state index contributed by atoms with van der Waals surface area (Å²) < 4.78 is 28.3. The van der Waals surface area contributed by atoms with Crippen molar-refractivity contribution in [3.63, 3.8) is 0 Å². The molecule has 0 spiro atoms. The summed E-state index contributed by atoms with van der Waals surface area (Å²) in [6.45, 7) is -0.290. The average Bonchev–Trinajstić information content (AvgIpc) is 2.77. The summed E-state index contributed by atoms with van der Waals surface area (Å²) in [6, 6.07) is 10.7. The summed E-state index contributed by atoms with van der Waals surface area (Å²) in [4.78, 5) is 13.1. The minimum atomic E-state index is -3.88. The smallest absolute Gasteiger partial charge is 0.243 e. The maximum atomic E-state index is 13.2. The molecule has 3 unspecified atom stereocenters. The standard InChI is InChI=1S/C21H24BrClN2O5S/c22-15-6-10-17(11-7-15)31(29,30)25-12-2-1-3-19(25)21(28)24-18(13-26)20(27)14-4-8-16(23)9-5-14/h4-11,18-20,26-27H,1-3,12-13H2,(H,24,28). The number of hydrogen-bond donors (Lipinski definition) is 3. The van der Waals surface area contributed by atoms with Crippen molar-refractivity contribution in [3.05, 3.63) is 63.6 Å². The van der Waals surface area contributed by atoms with Gasteiger partial charge in [-0.25, -0.2) is 8.42 Å². The van der Waals surface area contributed by atoms with Crippen molar-refractivity contribution < 1.29 is 23.4 Å². The fourth-order valence-electron chi connectivity index (χ4n) is 3.59. The van der Waals surface area contributed by atoms with E-state index in [1.54, 1.807) is 36.4 Å². The van der Waals surface area contributed by atoms with Crippen molar-refractivity contribution in [2.75, 3.05) is 13.2 Å². The molecule has 7 nitrogen and oxygen atoms in total. The van der Waals surface area contributed by atoms with Crippen LogP contribution in [0, 0.1) is 0 Å². The lowest BCUT2D eigenvalue weighted by Gasteiger charge is -2.35. The van der Waals surface area contributed by atoms with E-state index in [4.69, 9.17) is 11.6 Å². The van der Waals surface area contributed by atoms with Gasteiger partial charge >= 0.3 is 0 Å². The van der Waals surface area contributed by atoms with Crippen molar-refractivity contribution >= 4 is 43.5 Å². The Hall–Kier alpha value is -1.49. The van der Waals surface area contributed by atoms with Crippen molar-refractivity contribution in [3.8, 4) is 0 Å². The van der Waals surface area contributed by atoms with Crippen LogP contribution in [0.1, 0.15) is 30.9 Å². The lowest BCUT2D eigenvalue weighted by Crippen LogP contribution is -2.55. The zero-order valence-corrected chi connectivity index (χ0v) is 19.8. The van der Waals surface area contributed by atoms with Crippen LogP contribution in [0.3, 0.4) is 0 Å². The number of benzene rings is 2. The van der Waals surface area contributed by atoms with Crippen LogP contribution >= 0.6 is 27.5 Å². The van der Waals surface area contributed by atoms with E-state index in [1.165, 1.54) is 16.4 Å². The van der Waals surface area contributed by atoms with Crippen molar-refractivity contribution in [2.24, 2.45) is 0 Å². The second kappa shape index (κ2) is 10.4. The van der Waals surface area contributed by atoms with Crippen molar-refractivity contribution in [1.29, 1.82) is 0 Å². The molecule has 2 aromatic rings. The Balaban J connectivity index is 1.79. The van der Waals surface area contributed by atoms with Gasteiger partial charge in [-0.15, -0.1) is 0 Å². The molecule has 168 valence electrons. The number of hydrogen-bond acceptors (Lipinski definition) is 5. The molecule has 3 atom stereocenters. The molecule has 0 bridgehead atoms. The van der Waals surface area contributed by atoms with Crippen LogP contribution in [-0.2, 0) is 14.8 Å². The number of sulfonamides is 1. The second-order valence-corrected chi connectivity index (χ2v) is 10.6. The van der Waals surface area contributed by atoms with E-state index in [1.807, 2.05) is 0 Å². The molecule has 1 amide bonds. The number of aliphatic hydroxyl groups is 2. The molecule has 1 aliphatic heterocycles. The first kappa shape index (κ1) is 24.2. The van der Waals surface area contributed by atoms with Crippen LogP contribution in [0.15, 0.2) is 57.9 Å². The monoisotopic (exact) mass is 530 g/mol. The van der Waals surface area contributed by atoms with E-state index in [2.05, 4.69) is 21.2 Å². The number of nitrogens with one attached hydrogen (secondary N) is 1. The first-order chi connectivity index (χ1) is 14.7. The average molecular weight is 532 g/mol. The summed E-state index contributed by atoms with van der Waals surface area (Å²) in [5, 5.41) is 23.5. The number of nitrogens with zero attached hydrogens (tertiary/aromatic N) is 1. The largest absolute Gasteiger partial charge is 0.394 e. The van der Waals surface area contributed by atoms with Gasteiger partial charge in [-0.2, -0.15) is 4.31 Å². The molecule has 0 radical (unpaired) electrons. The first-order valence-corrected chi connectivity index (χ1v) is 12.5. The molecule has 1 saturated heterocycles. The van der Waals surface area contributed by atoms with Gasteiger partial charge in [0.2, 0.25) is 15.9 Å². The Morgan fingerprint density at radius 2 is 1.81 bits per heavy atom. The molecule has 1 aliphatic rings. The molecule has 10 heteroatoms. The highest BCUT2D eigenvalue weighted by Crippen LogP contribution is 2.27. The minimum Gasteiger partial charge on any atom is -0.394 e. The minimum absolute atomic E-state index is 0.107. The van der Waals surface area contributed by atoms with Gasteiger partial charge in [-0.3, -0.25) is 4.79 Å². The van der Waals surface area contributed by atoms with Crippen LogP contribution in [0.25, 0.3) is 0 Å². The third kappa shape index (κ3) is 5.66. The van der Waals surface area contributed by atoms with Gasteiger partial charge in [-0.05, 0) is 54.8 Å². The van der Waals surface area contributed by atoms with Crippen molar-refractivity contribution in [1.82, 2.24) is 9.62 Å². The summed E-state index contributed by atoms with van der Waals surface area (Å²) in [5.41, 5.74) is 0.478. The van der Waals surface area contributed by atoms with E-state index < -0.39 is 40.7 Å². The predicted molar refractivity (Wildman–Crippen MR) is 121 cm³/mol. The van der Waals surface area contributed by atoms with Crippen LogP contribution in [0.4, 0.5) is 0 Å². The highest BCUT2D eigenvalue weighted by Gasteiger charge is 2.38. The first-order valence-electron chi connectivity index (χ1n) is 9.86. The summed E-state index contributed by atoms with van der Waals surface area (Å²) in [6.07, 6.45) is 0.535. The molecule has 3 rings (SSSR count). The van der Waals surface area contributed by atoms with E-state index in [0.29, 0.717) is 29.8 Å². The zero-order valence-electron chi connectivity index (χ0n) is 16.6. The normalized spacial score (nSPS) is 19.5. The molecule has 0 aromatic heterocycles. The van der Waals surface area contributed by atoms with E-state index in [-0.39, 0.29) is 11.4 Å². The van der Waals surface area contributed by atoms with Gasteiger partial charge in [0.25, 0.3) is 0 Å².